The summed E-state index contributed by atoms with van der Waals surface area (Å²) in [6.45, 7) is -0.969. The summed E-state index contributed by atoms with van der Waals surface area (Å²) in [5, 5.41) is 13.2. The Morgan fingerprint density at radius 1 is 1.00 bits per heavy atom. The zero-order chi connectivity index (χ0) is 20.5. The zero-order valence-corrected chi connectivity index (χ0v) is 15.2. The van der Waals surface area contributed by atoms with Crippen LogP contribution in [0.15, 0.2) is 42.5 Å². The van der Waals surface area contributed by atoms with Crippen molar-refractivity contribution in [2.45, 2.75) is 0 Å². The average Bonchev–Trinajstić information content (AvgIpc) is 2.70. The van der Waals surface area contributed by atoms with Crippen LogP contribution in [0, 0.1) is 10.1 Å². The average molecular weight is 390 g/mol. The van der Waals surface area contributed by atoms with E-state index in [-0.39, 0.29) is 17.1 Å². The van der Waals surface area contributed by atoms with Crippen molar-refractivity contribution in [3.05, 3.63) is 52.6 Å². The molecule has 0 aliphatic carbocycles. The Balaban J connectivity index is 1.85. The van der Waals surface area contributed by atoms with Crippen molar-refractivity contribution in [1.29, 1.82) is 0 Å². The lowest BCUT2D eigenvalue weighted by atomic mass is 10.2. The molecule has 0 fully saturated rings. The number of esters is 1. The maximum atomic E-state index is 11.9. The maximum Gasteiger partial charge on any atom is 0.344 e. The van der Waals surface area contributed by atoms with Crippen LogP contribution in [-0.2, 0) is 14.3 Å². The Kier molecular flexibility index (Phi) is 7.14. The molecule has 10 nitrogen and oxygen atoms in total. The molecule has 1 amide bonds. The van der Waals surface area contributed by atoms with Gasteiger partial charge in [0, 0.05) is 6.07 Å². The molecule has 0 aliphatic heterocycles. The van der Waals surface area contributed by atoms with E-state index in [9.17, 15) is 19.7 Å². The van der Waals surface area contributed by atoms with Crippen molar-refractivity contribution < 1.29 is 33.5 Å². The summed E-state index contributed by atoms with van der Waals surface area (Å²) in [4.78, 5) is 33.9. The Morgan fingerprint density at radius 2 is 1.68 bits per heavy atom. The Morgan fingerprint density at radius 3 is 2.32 bits per heavy atom. The fourth-order valence-electron chi connectivity index (χ4n) is 2.15. The number of rotatable bonds is 9. The van der Waals surface area contributed by atoms with Crippen LogP contribution in [0.4, 0.5) is 11.4 Å². The minimum Gasteiger partial charge on any atom is -0.494 e. The number of nitro groups is 1. The van der Waals surface area contributed by atoms with E-state index in [2.05, 4.69) is 5.32 Å². The fourth-order valence-corrected chi connectivity index (χ4v) is 2.15. The van der Waals surface area contributed by atoms with Gasteiger partial charge in [0.2, 0.25) is 0 Å². The van der Waals surface area contributed by atoms with Crippen LogP contribution in [0.1, 0.15) is 0 Å². The molecule has 1 N–H and O–H groups in total. The van der Waals surface area contributed by atoms with Gasteiger partial charge in [-0.1, -0.05) is 12.1 Å². The number of ether oxygens (including phenoxy) is 4. The number of methoxy groups -OCH3 is 2. The molecule has 0 atom stereocenters. The molecule has 0 aliphatic rings. The van der Waals surface area contributed by atoms with Gasteiger partial charge in [-0.2, -0.15) is 0 Å². The SMILES string of the molecule is COc1cc([N+](=O)[O-])ccc1NC(=O)COC(=O)COc1ccccc1OC. The van der Waals surface area contributed by atoms with Crippen LogP contribution in [0.3, 0.4) is 0 Å². The number of para-hydroxylation sites is 2. The molecule has 0 bridgehead atoms. The summed E-state index contributed by atoms with van der Waals surface area (Å²) in [5.41, 5.74) is 0.0224. The molecule has 2 aromatic carbocycles. The highest BCUT2D eigenvalue weighted by atomic mass is 16.6. The molecule has 0 spiro atoms. The first-order valence-electron chi connectivity index (χ1n) is 7.98. The van der Waals surface area contributed by atoms with Crippen molar-refractivity contribution >= 4 is 23.3 Å². The van der Waals surface area contributed by atoms with E-state index in [0.717, 1.165) is 0 Å². The van der Waals surface area contributed by atoms with Gasteiger partial charge in [0.1, 0.15) is 5.75 Å². The van der Waals surface area contributed by atoms with E-state index < -0.39 is 30.0 Å². The molecular weight excluding hydrogens is 372 g/mol. The maximum absolute atomic E-state index is 11.9. The van der Waals surface area contributed by atoms with Gasteiger partial charge in [-0.25, -0.2) is 4.79 Å². The molecule has 0 heterocycles. The number of amides is 1. The largest absolute Gasteiger partial charge is 0.494 e. The van der Waals surface area contributed by atoms with Gasteiger partial charge in [-0.05, 0) is 18.2 Å². The van der Waals surface area contributed by atoms with Crippen LogP contribution < -0.4 is 19.5 Å². The molecule has 0 saturated carbocycles. The first-order valence-corrected chi connectivity index (χ1v) is 7.98. The predicted molar refractivity (Wildman–Crippen MR) is 97.7 cm³/mol. The quantitative estimate of drug-likeness (QED) is 0.392. The minimum absolute atomic E-state index is 0.105. The van der Waals surface area contributed by atoms with Crippen LogP contribution in [0.2, 0.25) is 0 Å². The van der Waals surface area contributed by atoms with Gasteiger partial charge < -0.3 is 24.3 Å². The van der Waals surface area contributed by atoms with Gasteiger partial charge in [0.25, 0.3) is 11.6 Å². The number of hydrogen-bond acceptors (Lipinski definition) is 8. The van der Waals surface area contributed by atoms with Crippen molar-refractivity contribution in [3.8, 4) is 17.2 Å². The van der Waals surface area contributed by atoms with Crippen molar-refractivity contribution in [3.63, 3.8) is 0 Å². The van der Waals surface area contributed by atoms with E-state index >= 15 is 0 Å². The summed E-state index contributed by atoms with van der Waals surface area (Å²) in [6, 6.07) is 10.5. The topological polar surface area (TPSA) is 126 Å². The van der Waals surface area contributed by atoms with Gasteiger partial charge >= 0.3 is 5.97 Å². The first kappa shape index (κ1) is 20.5. The van der Waals surface area contributed by atoms with Gasteiger partial charge in [0.05, 0.1) is 30.9 Å². The molecule has 148 valence electrons. The molecule has 2 aromatic rings. The number of non-ortho nitro benzene ring substituents is 1. The van der Waals surface area contributed by atoms with Crippen molar-refractivity contribution in [1.82, 2.24) is 0 Å². The molecule has 0 radical (unpaired) electrons. The van der Waals surface area contributed by atoms with Gasteiger partial charge in [-0.15, -0.1) is 0 Å². The summed E-state index contributed by atoms with van der Waals surface area (Å²) in [7, 11) is 2.78. The number of hydrogen-bond donors (Lipinski definition) is 1. The molecular formula is C18H18N2O8. The highest BCUT2D eigenvalue weighted by Crippen LogP contribution is 2.29. The molecule has 28 heavy (non-hydrogen) atoms. The van der Waals surface area contributed by atoms with Crippen LogP contribution in [-0.4, -0.2) is 44.2 Å². The summed E-state index contributed by atoms with van der Waals surface area (Å²) in [6.07, 6.45) is 0. The van der Waals surface area contributed by atoms with E-state index in [0.29, 0.717) is 11.5 Å². The minimum atomic E-state index is -0.753. The molecule has 0 saturated heterocycles. The summed E-state index contributed by atoms with van der Waals surface area (Å²) < 4.78 is 20.2. The lowest BCUT2D eigenvalue weighted by Crippen LogP contribution is -2.24. The van der Waals surface area contributed by atoms with Crippen molar-refractivity contribution in [2.24, 2.45) is 0 Å². The second-order valence-electron chi connectivity index (χ2n) is 5.29. The third-order valence-electron chi connectivity index (χ3n) is 3.45. The number of nitro benzene ring substituents is 1. The monoisotopic (exact) mass is 390 g/mol. The number of nitrogens with zero attached hydrogens (tertiary/aromatic N) is 1. The molecule has 0 aromatic heterocycles. The predicted octanol–water partition coefficient (Wildman–Crippen LogP) is 2.17. The third kappa shape index (κ3) is 5.59. The van der Waals surface area contributed by atoms with E-state index in [1.54, 1.807) is 24.3 Å². The summed E-state index contributed by atoms with van der Waals surface area (Å²) in [5.74, 6) is -0.469. The fraction of sp³-hybridized carbons (Fsp3) is 0.222. The van der Waals surface area contributed by atoms with Crippen LogP contribution in [0.5, 0.6) is 17.2 Å². The van der Waals surface area contributed by atoms with E-state index in [1.807, 2.05) is 0 Å². The highest BCUT2D eigenvalue weighted by Gasteiger charge is 2.15. The van der Waals surface area contributed by atoms with Crippen LogP contribution in [0.25, 0.3) is 0 Å². The standard InChI is InChI=1S/C18H18N2O8/c1-25-14-5-3-4-6-15(14)27-11-18(22)28-10-17(21)19-13-8-7-12(20(23)24)9-16(13)26-2/h3-9H,10-11H2,1-2H3,(H,19,21). The Labute approximate surface area is 160 Å². The molecule has 2 rings (SSSR count). The second kappa shape index (κ2) is 9.76. The lowest BCUT2D eigenvalue weighted by molar-refractivity contribution is -0.384. The summed E-state index contributed by atoms with van der Waals surface area (Å²) >= 11 is 0. The van der Waals surface area contributed by atoms with E-state index in [4.69, 9.17) is 18.9 Å². The smallest absolute Gasteiger partial charge is 0.344 e. The normalized spacial score (nSPS) is 9.93. The number of nitrogens with one attached hydrogen (secondary N) is 1. The number of carbonyl (C=O) groups excluding carboxylic acids is 2. The molecule has 10 heteroatoms. The number of carbonyl (C=O) groups is 2. The number of anilines is 1. The first-order chi connectivity index (χ1) is 13.4. The Bertz CT molecular complexity index is 868. The van der Waals surface area contributed by atoms with Gasteiger partial charge in [-0.3, -0.25) is 14.9 Å². The molecule has 0 unspecified atom stereocenters. The zero-order valence-electron chi connectivity index (χ0n) is 15.2. The van der Waals surface area contributed by atoms with E-state index in [1.165, 1.54) is 32.4 Å². The Hall–Kier alpha value is -3.82. The van der Waals surface area contributed by atoms with Crippen molar-refractivity contribution in [2.75, 3.05) is 32.8 Å². The second-order valence-corrected chi connectivity index (χ2v) is 5.29. The van der Waals surface area contributed by atoms with Gasteiger partial charge in [0.15, 0.2) is 24.7 Å². The third-order valence-corrected chi connectivity index (χ3v) is 3.45. The lowest BCUT2D eigenvalue weighted by Gasteiger charge is -2.11. The van der Waals surface area contributed by atoms with Crippen LogP contribution >= 0.6 is 0 Å². The number of benzene rings is 2. The highest BCUT2D eigenvalue weighted by molar-refractivity contribution is 5.94.